The van der Waals surface area contributed by atoms with Gasteiger partial charge in [0.25, 0.3) is 0 Å². The average Bonchev–Trinajstić information content (AvgIpc) is 3.49. The molecule has 6 nitrogen and oxygen atoms in total. The van der Waals surface area contributed by atoms with Crippen LogP contribution in [0, 0.1) is 0 Å². The molecule has 0 radical (unpaired) electrons. The van der Waals surface area contributed by atoms with Gasteiger partial charge in [-0.15, -0.1) is 0 Å². The molecular formula is C77H134O6. The third-order valence-corrected chi connectivity index (χ3v) is 15.5. The maximum atomic E-state index is 13.0. The Morgan fingerprint density at radius 1 is 0.253 bits per heavy atom. The van der Waals surface area contributed by atoms with E-state index in [1.165, 1.54) is 218 Å². The van der Waals surface area contributed by atoms with Crippen LogP contribution >= 0.6 is 0 Å². The van der Waals surface area contributed by atoms with E-state index in [0.29, 0.717) is 19.3 Å². The van der Waals surface area contributed by atoms with Gasteiger partial charge in [-0.3, -0.25) is 14.4 Å². The fraction of sp³-hybridized carbons (Fsp3) is 0.753. The van der Waals surface area contributed by atoms with Crippen LogP contribution in [0.3, 0.4) is 0 Å². The number of rotatable bonds is 65. The van der Waals surface area contributed by atoms with Crippen LogP contribution in [0.2, 0.25) is 0 Å². The summed E-state index contributed by atoms with van der Waals surface area (Å²) in [6, 6.07) is 0. The summed E-state index contributed by atoms with van der Waals surface area (Å²) in [5.41, 5.74) is 0. The van der Waals surface area contributed by atoms with Crippen molar-refractivity contribution in [1.82, 2.24) is 0 Å². The Labute approximate surface area is 515 Å². The monoisotopic (exact) mass is 1160 g/mol. The predicted molar refractivity (Wildman–Crippen MR) is 362 cm³/mol. The molecule has 0 aromatic heterocycles. The quantitative estimate of drug-likeness (QED) is 0.0261. The van der Waals surface area contributed by atoms with Gasteiger partial charge in [0, 0.05) is 19.3 Å². The zero-order chi connectivity index (χ0) is 59.9. The minimum absolute atomic E-state index is 0.0904. The lowest BCUT2D eigenvalue weighted by Gasteiger charge is -2.18. The second-order valence-corrected chi connectivity index (χ2v) is 23.8. The first-order chi connectivity index (χ1) is 41.0. The van der Waals surface area contributed by atoms with Gasteiger partial charge in [-0.1, -0.05) is 311 Å². The second-order valence-electron chi connectivity index (χ2n) is 23.8. The van der Waals surface area contributed by atoms with E-state index in [0.717, 1.165) is 96.3 Å². The van der Waals surface area contributed by atoms with E-state index in [2.05, 4.69) is 118 Å². The largest absolute Gasteiger partial charge is 0.462 e. The van der Waals surface area contributed by atoms with Gasteiger partial charge >= 0.3 is 17.9 Å². The van der Waals surface area contributed by atoms with Gasteiger partial charge in [0.05, 0.1) is 0 Å². The Morgan fingerprint density at radius 3 is 0.759 bits per heavy atom. The van der Waals surface area contributed by atoms with Crippen molar-refractivity contribution < 1.29 is 28.6 Å². The predicted octanol–water partition coefficient (Wildman–Crippen LogP) is 24.8. The summed E-state index contributed by atoms with van der Waals surface area (Å²) in [4.78, 5) is 38.4. The first-order valence-electron chi connectivity index (χ1n) is 35.7. The van der Waals surface area contributed by atoms with Crippen molar-refractivity contribution in [2.75, 3.05) is 13.2 Å². The number of hydrogen-bond donors (Lipinski definition) is 0. The van der Waals surface area contributed by atoms with E-state index in [1.54, 1.807) is 0 Å². The first kappa shape index (κ1) is 79.3. The van der Waals surface area contributed by atoms with E-state index in [4.69, 9.17) is 14.2 Å². The third kappa shape index (κ3) is 69.0. The first-order valence-corrected chi connectivity index (χ1v) is 35.7. The number of unbranched alkanes of at least 4 members (excludes halogenated alkanes) is 38. The van der Waals surface area contributed by atoms with Gasteiger partial charge in [0.15, 0.2) is 6.10 Å². The van der Waals surface area contributed by atoms with Crippen LogP contribution in [0.1, 0.15) is 355 Å². The molecule has 0 saturated carbocycles. The molecule has 0 heterocycles. The molecule has 0 spiro atoms. The van der Waals surface area contributed by atoms with Crippen LogP contribution in [0.25, 0.3) is 0 Å². The summed E-state index contributed by atoms with van der Waals surface area (Å²) in [6.07, 6.45) is 95.9. The van der Waals surface area contributed by atoms with E-state index >= 15 is 0 Å². The Hall–Kier alpha value is -3.67. The summed E-state index contributed by atoms with van der Waals surface area (Å²) < 4.78 is 17.0. The molecule has 0 aromatic carbocycles. The Balaban J connectivity index is 4.30. The third-order valence-electron chi connectivity index (χ3n) is 15.5. The Morgan fingerprint density at radius 2 is 0.470 bits per heavy atom. The normalized spacial score (nSPS) is 12.7. The van der Waals surface area contributed by atoms with Crippen molar-refractivity contribution in [1.29, 1.82) is 0 Å². The van der Waals surface area contributed by atoms with Gasteiger partial charge in [-0.05, 0) is 122 Å². The number of ether oxygens (including phenoxy) is 3. The lowest BCUT2D eigenvalue weighted by Crippen LogP contribution is -2.30. The Kier molecular flexibility index (Phi) is 67.7. The van der Waals surface area contributed by atoms with E-state index in [-0.39, 0.29) is 31.1 Å². The average molecular weight is 1160 g/mol. The molecular weight excluding hydrogens is 1020 g/mol. The highest BCUT2D eigenvalue weighted by Crippen LogP contribution is 2.17. The van der Waals surface area contributed by atoms with Crippen LogP contribution in [-0.2, 0) is 28.6 Å². The molecule has 0 bridgehead atoms. The van der Waals surface area contributed by atoms with Gasteiger partial charge < -0.3 is 14.2 Å². The van der Waals surface area contributed by atoms with Crippen LogP contribution in [0.5, 0.6) is 0 Å². The van der Waals surface area contributed by atoms with Crippen molar-refractivity contribution in [2.45, 2.75) is 361 Å². The fourth-order valence-corrected chi connectivity index (χ4v) is 10.2. The van der Waals surface area contributed by atoms with Crippen molar-refractivity contribution >= 4 is 17.9 Å². The summed E-state index contributed by atoms with van der Waals surface area (Å²) in [5, 5.41) is 0. The molecule has 0 fully saturated rings. The summed E-state index contributed by atoms with van der Waals surface area (Å²) >= 11 is 0. The van der Waals surface area contributed by atoms with E-state index in [1.807, 2.05) is 0 Å². The molecule has 0 aliphatic carbocycles. The number of carbonyl (C=O) groups excluding carboxylic acids is 3. The summed E-state index contributed by atoms with van der Waals surface area (Å²) in [6.45, 7) is 6.51. The van der Waals surface area contributed by atoms with Crippen molar-refractivity contribution in [3.05, 3.63) is 97.2 Å². The molecule has 0 amide bonds. The minimum atomic E-state index is -0.799. The lowest BCUT2D eigenvalue weighted by atomic mass is 10.0. The minimum Gasteiger partial charge on any atom is -0.462 e. The maximum Gasteiger partial charge on any atom is 0.306 e. The van der Waals surface area contributed by atoms with Gasteiger partial charge in [0.2, 0.25) is 0 Å². The zero-order valence-corrected chi connectivity index (χ0v) is 54.9. The summed E-state index contributed by atoms with van der Waals surface area (Å²) in [7, 11) is 0. The van der Waals surface area contributed by atoms with Crippen LogP contribution < -0.4 is 0 Å². The highest BCUT2D eigenvalue weighted by Gasteiger charge is 2.19. The lowest BCUT2D eigenvalue weighted by molar-refractivity contribution is -0.167. The molecule has 478 valence electrons. The van der Waals surface area contributed by atoms with Crippen molar-refractivity contribution in [2.24, 2.45) is 0 Å². The molecule has 6 heteroatoms. The van der Waals surface area contributed by atoms with Crippen LogP contribution in [0.15, 0.2) is 97.2 Å². The molecule has 0 aliphatic heterocycles. The molecule has 1 atom stereocenters. The van der Waals surface area contributed by atoms with Crippen LogP contribution in [-0.4, -0.2) is 37.2 Å². The molecule has 83 heavy (non-hydrogen) atoms. The molecule has 0 saturated heterocycles. The van der Waals surface area contributed by atoms with E-state index in [9.17, 15) is 14.4 Å². The number of carbonyl (C=O) groups is 3. The van der Waals surface area contributed by atoms with E-state index < -0.39 is 6.10 Å². The van der Waals surface area contributed by atoms with Gasteiger partial charge in [-0.25, -0.2) is 0 Å². The highest BCUT2D eigenvalue weighted by molar-refractivity contribution is 5.71. The van der Waals surface area contributed by atoms with Gasteiger partial charge in [-0.2, -0.15) is 0 Å². The zero-order valence-electron chi connectivity index (χ0n) is 54.9. The topological polar surface area (TPSA) is 78.9 Å². The second kappa shape index (κ2) is 70.8. The number of allylic oxidation sites excluding steroid dienone is 16. The molecule has 1 unspecified atom stereocenters. The van der Waals surface area contributed by atoms with Crippen LogP contribution in [0.4, 0.5) is 0 Å². The highest BCUT2D eigenvalue weighted by atomic mass is 16.6. The standard InChI is InChI=1S/C77H134O6/c1-4-7-10-13-16-19-22-25-28-30-32-34-35-36-37-38-39-40-41-43-44-46-49-52-55-58-61-64-67-70-76(79)82-73-74(72-81-75(78)69-66-63-60-57-54-51-48-27-24-21-18-15-12-9-6-3)83-77(80)71-68-65-62-59-56-53-50-47-45-42-33-31-29-26-23-20-17-14-11-8-5-2/h9,12,18,21-23,25-27,30-33,48,54,57,74H,4-8,10-11,13-17,19-20,24,28-29,34-47,49-53,55-56,58-73H2,1-3H3/b12-9-,21-18-,25-22-,26-23-,32-30-,33-31-,48-27-,57-54-. The number of hydrogen-bond acceptors (Lipinski definition) is 6. The van der Waals surface area contributed by atoms with Gasteiger partial charge in [0.1, 0.15) is 13.2 Å². The maximum absolute atomic E-state index is 13.0. The Bertz CT molecular complexity index is 1610. The molecule has 0 rings (SSSR count). The number of esters is 3. The smallest absolute Gasteiger partial charge is 0.306 e. The molecule has 0 aliphatic rings. The molecule has 0 aromatic rings. The summed E-state index contributed by atoms with van der Waals surface area (Å²) in [5.74, 6) is -0.922. The van der Waals surface area contributed by atoms with Crippen molar-refractivity contribution in [3.8, 4) is 0 Å². The fourth-order valence-electron chi connectivity index (χ4n) is 10.2. The SMILES string of the molecule is CC/C=C\C/C=C\C/C=C\C/C=C\CCCCC(=O)OCC(COC(=O)CCCCCCCCCCCCCCCCCCC/C=C\C/C=C\CCCCCCC)OC(=O)CCCCCCCCCCC/C=C\C/C=C\CCCCCCC. The molecule has 0 N–H and O–H groups in total. The van der Waals surface area contributed by atoms with Crippen molar-refractivity contribution in [3.63, 3.8) is 0 Å².